The number of piperazine rings is 1. The lowest BCUT2D eigenvalue weighted by atomic mass is 10.2. The average Bonchev–Trinajstić information content (AvgIpc) is 3.18. The Kier molecular flexibility index (Phi) is 5.23. The van der Waals surface area contributed by atoms with Gasteiger partial charge in [0.2, 0.25) is 0 Å². The smallest absolute Gasteiger partial charge is 0.119 e. The molecule has 0 N–H and O–H groups in total. The van der Waals surface area contributed by atoms with Gasteiger partial charge in [-0.05, 0) is 42.0 Å². The third kappa shape index (κ3) is 3.92. The Morgan fingerprint density at radius 3 is 2.27 bits per heavy atom. The molecule has 0 aliphatic carbocycles. The minimum absolute atomic E-state index is 0.916. The summed E-state index contributed by atoms with van der Waals surface area (Å²) in [6.45, 7) is 5.40. The second-order valence-electron chi connectivity index (χ2n) is 6.59. The molecule has 3 nitrogen and oxygen atoms in total. The van der Waals surface area contributed by atoms with Gasteiger partial charge < -0.3 is 9.64 Å². The number of thiophene rings is 1. The van der Waals surface area contributed by atoms with Crippen molar-refractivity contribution in [2.24, 2.45) is 0 Å². The normalized spacial score (nSPS) is 15.2. The Hall–Kier alpha value is -2.30. The fourth-order valence-corrected chi connectivity index (χ4v) is 4.45. The first-order valence-corrected chi connectivity index (χ1v) is 9.89. The van der Waals surface area contributed by atoms with Crippen molar-refractivity contribution in [2.75, 3.05) is 38.2 Å². The lowest BCUT2D eigenvalue weighted by Crippen LogP contribution is -2.45. The highest BCUT2D eigenvalue weighted by Crippen LogP contribution is 2.29. The molecule has 2 aromatic carbocycles. The SMILES string of the molecule is COc1ccc(N2CCN(Cc3ccc(-c4ccccc4)s3)CC2)cc1. The first-order chi connectivity index (χ1) is 12.8. The number of benzene rings is 2. The van der Waals surface area contributed by atoms with Gasteiger partial charge in [0.05, 0.1) is 7.11 Å². The van der Waals surface area contributed by atoms with Crippen LogP contribution in [0.5, 0.6) is 5.75 Å². The van der Waals surface area contributed by atoms with Crippen LogP contribution < -0.4 is 9.64 Å². The van der Waals surface area contributed by atoms with E-state index in [-0.39, 0.29) is 0 Å². The van der Waals surface area contributed by atoms with E-state index >= 15 is 0 Å². The van der Waals surface area contributed by atoms with Crippen LogP contribution in [-0.2, 0) is 6.54 Å². The number of ether oxygens (including phenoxy) is 1. The van der Waals surface area contributed by atoms with Crippen molar-refractivity contribution in [2.45, 2.75) is 6.54 Å². The van der Waals surface area contributed by atoms with Crippen molar-refractivity contribution in [3.8, 4) is 16.2 Å². The highest BCUT2D eigenvalue weighted by atomic mass is 32.1. The van der Waals surface area contributed by atoms with E-state index in [1.54, 1.807) is 7.11 Å². The molecule has 0 amide bonds. The van der Waals surface area contributed by atoms with E-state index < -0.39 is 0 Å². The van der Waals surface area contributed by atoms with E-state index in [0.717, 1.165) is 38.5 Å². The summed E-state index contributed by atoms with van der Waals surface area (Å²) in [4.78, 5) is 7.82. The summed E-state index contributed by atoms with van der Waals surface area (Å²) in [5.41, 5.74) is 2.60. The first kappa shape index (κ1) is 17.1. The Balaban J connectivity index is 1.33. The fourth-order valence-electron chi connectivity index (χ4n) is 3.40. The van der Waals surface area contributed by atoms with Crippen LogP contribution >= 0.6 is 11.3 Å². The van der Waals surface area contributed by atoms with Crippen LogP contribution in [-0.4, -0.2) is 38.2 Å². The standard InChI is InChI=1S/C22H24N2OS/c1-25-20-9-7-19(8-10-20)24-15-13-23(14-16-24)17-21-11-12-22(26-21)18-5-3-2-4-6-18/h2-12H,13-17H2,1H3. The molecule has 2 heterocycles. The van der Waals surface area contributed by atoms with E-state index in [4.69, 9.17) is 4.74 Å². The van der Waals surface area contributed by atoms with E-state index in [2.05, 4.69) is 64.4 Å². The Labute approximate surface area is 159 Å². The highest BCUT2D eigenvalue weighted by Gasteiger charge is 2.18. The third-order valence-electron chi connectivity index (χ3n) is 4.91. The summed E-state index contributed by atoms with van der Waals surface area (Å²) < 4.78 is 5.25. The predicted molar refractivity (Wildman–Crippen MR) is 110 cm³/mol. The van der Waals surface area contributed by atoms with Crippen LogP contribution in [0.1, 0.15) is 4.88 Å². The Bertz CT molecular complexity index is 821. The van der Waals surface area contributed by atoms with Gasteiger partial charge in [0, 0.05) is 48.2 Å². The first-order valence-electron chi connectivity index (χ1n) is 9.07. The van der Waals surface area contributed by atoms with Crippen LogP contribution in [0.25, 0.3) is 10.4 Å². The summed E-state index contributed by atoms with van der Waals surface area (Å²) >= 11 is 1.91. The van der Waals surface area contributed by atoms with Crippen LogP contribution in [0, 0.1) is 0 Å². The van der Waals surface area contributed by atoms with Gasteiger partial charge >= 0.3 is 0 Å². The third-order valence-corrected chi connectivity index (χ3v) is 6.03. The van der Waals surface area contributed by atoms with E-state index in [9.17, 15) is 0 Å². The monoisotopic (exact) mass is 364 g/mol. The molecule has 1 fully saturated rings. The molecule has 26 heavy (non-hydrogen) atoms. The van der Waals surface area contributed by atoms with Gasteiger partial charge in [-0.2, -0.15) is 0 Å². The molecule has 0 radical (unpaired) electrons. The summed E-state index contributed by atoms with van der Waals surface area (Å²) in [7, 11) is 1.71. The molecule has 0 saturated carbocycles. The van der Waals surface area contributed by atoms with E-state index in [1.165, 1.54) is 21.0 Å². The molecule has 134 valence electrons. The molecule has 4 rings (SSSR count). The molecule has 3 aromatic rings. The van der Waals surface area contributed by atoms with Gasteiger partial charge in [-0.15, -0.1) is 11.3 Å². The topological polar surface area (TPSA) is 15.7 Å². The van der Waals surface area contributed by atoms with Crippen LogP contribution in [0.3, 0.4) is 0 Å². The van der Waals surface area contributed by atoms with Gasteiger partial charge in [0.25, 0.3) is 0 Å². The average molecular weight is 365 g/mol. The molecular formula is C22H24N2OS. The zero-order valence-electron chi connectivity index (χ0n) is 15.1. The van der Waals surface area contributed by atoms with Gasteiger partial charge in [-0.3, -0.25) is 4.90 Å². The number of nitrogens with zero attached hydrogens (tertiary/aromatic N) is 2. The maximum absolute atomic E-state index is 5.25. The summed E-state index contributed by atoms with van der Waals surface area (Å²) in [6.07, 6.45) is 0. The maximum atomic E-state index is 5.25. The molecule has 4 heteroatoms. The molecule has 0 bridgehead atoms. The van der Waals surface area contributed by atoms with Crippen molar-refractivity contribution in [1.82, 2.24) is 4.90 Å². The van der Waals surface area contributed by atoms with Crippen LogP contribution in [0.15, 0.2) is 66.7 Å². The lowest BCUT2D eigenvalue weighted by Gasteiger charge is -2.36. The van der Waals surface area contributed by atoms with Crippen molar-refractivity contribution < 1.29 is 4.74 Å². The molecule has 1 aliphatic rings. The number of anilines is 1. The summed E-state index contributed by atoms with van der Waals surface area (Å²) in [5, 5.41) is 0. The molecule has 1 aromatic heterocycles. The maximum Gasteiger partial charge on any atom is 0.119 e. The second-order valence-corrected chi connectivity index (χ2v) is 7.76. The van der Waals surface area contributed by atoms with Gasteiger partial charge in [0.15, 0.2) is 0 Å². The molecule has 0 atom stereocenters. The lowest BCUT2D eigenvalue weighted by molar-refractivity contribution is 0.252. The van der Waals surface area contributed by atoms with Crippen LogP contribution in [0.2, 0.25) is 0 Å². The number of hydrogen-bond acceptors (Lipinski definition) is 4. The molecular weight excluding hydrogens is 340 g/mol. The van der Waals surface area contributed by atoms with Crippen molar-refractivity contribution in [1.29, 1.82) is 0 Å². The van der Waals surface area contributed by atoms with Crippen LogP contribution in [0.4, 0.5) is 5.69 Å². The number of rotatable bonds is 5. The van der Waals surface area contributed by atoms with Crippen molar-refractivity contribution in [3.63, 3.8) is 0 Å². The predicted octanol–water partition coefficient (Wildman–Crippen LogP) is 4.75. The minimum Gasteiger partial charge on any atom is -0.497 e. The quantitative estimate of drug-likeness (QED) is 0.650. The molecule has 1 aliphatic heterocycles. The highest BCUT2D eigenvalue weighted by molar-refractivity contribution is 7.15. The fraction of sp³-hybridized carbons (Fsp3) is 0.273. The van der Waals surface area contributed by atoms with E-state index in [1.807, 2.05) is 23.5 Å². The minimum atomic E-state index is 0.916. The molecule has 0 spiro atoms. The summed E-state index contributed by atoms with van der Waals surface area (Å²) in [6, 6.07) is 23.6. The summed E-state index contributed by atoms with van der Waals surface area (Å²) in [5.74, 6) is 0.916. The van der Waals surface area contributed by atoms with Gasteiger partial charge in [-0.25, -0.2) is 0 Å². The van der Waals surface area contributed by atoms with E-state index in [0.29, 0.717) is 0 Å². The van der Waals surface area contributed by atoms with Gasteiger partial charge in [0.1, 0.15) is 5.75 Å². The molecule has 1 saturated heterocycles. The zero-order valence-corrected chi connectivity index (χ0v) is 15.9. The van der Waals surface area contributed by atoms with Gasteiger partial charge in [-0.1, -0.05) is 30.3 Å². The number of methoxy groups -OCH3 is 1. The van der Waals surface area contributed by atoms with Crippen molar-refractivity contribution in [3.05, 3.63) is 71.6 Å². The molecule has 0 unspecified atom stereocenters. The van der Waals surface area contributed by atoms with Crippen molar-refractivity contribution >= 4 is 17.0 Å². The Morgan fingerprint density at radius 2 is 1.58 bits per heavy atom. The Morgan fingerprint density at radius 1 is 0.846 bits per heavy atom. The number of hydrogen-bond donors (Lipinski definition) is 0. The second kappa shape index (κ2) is 7.94. The zero-order chi connectivity index (χ0) is 17.8. The largest absolute Gasteiger partial charge is 0.497 e.